The second kappa shape index (κ2) is 4.96. The van der Waals surface area contributed by atoms with E-state index in [1.807, 2.05) is 70.8 Å². The minimum Gasteiger partial charge on any atom is -0.455 e. The maximum Gasteiger partial charge on any atom is 0.244 e. The summed E-state index contributed by atoms with van der Waals surface area (Å²) in [7, 11) is 1.94. The number of benzene rings is 3. The van der Waals surface area contributed by atoms with Crippen molar-refractivity contribution in [1.29, 1.82) is 5.26 Å². The monoisotopic (exact) mass is 323 g/mol. The zero-order valence-corrected chi connectivity index (χ0v) is 13.5. The summed E-state index contributed by atoms with van der Waals surface area (Å²) in [5.41, 5.74) is 4.66. The highest BCUT2D eigenvalue weighted by Gasteiger charge is 2.18. The summed E-state index contributed by atoms with van der Waals surface area (Å²) < 4.78 is 9.86. The molecule has 0 N–H and O–H groups in total. The van der Waals surface area contributed by atoms with Crippen LogP contribution in [-0.2, 0) is 7.05 Å². The van der Waals surface area contributed by atoms with E-state index in [2.05, 4.69) is 18.5 Å². The molecule has 0 amide bonds. The van der Waals surface area contributed by atoms with Gasteiger partial charge in [0.25, 0.3) is 0 Å². The van der Waals surface area contributed by atoms with Gasteiger partial charge in [-0.1, -0.05) is 54.6 Å². The topological polar surface area (TPSA) is 45.7 Å². The minimum atomic E-state index is 0.532. The average molecular weight is 323 g/mol. The number of fused-ring (bicyclic) bond motifs is 4. The maximum atomic E-state index is 9.89. The smallest absolute Gasteiger partial charge is 0.244 e. The number of hydrogen-bond acceptors (Lipinski definition) is 2. The number of rotatable bonds is 1. The molecular formula is C21H13N3O. The van der Waals surface area contributed by atoms with E-state index < -0.39 is 0 Å². The maximum absolute atomic E-state index is 9.89. The molecule has 0 atom stereocenters. The van der Waals surface area contributed by atoms with Crippen molar-refractivity contribution >= 4 is 33.0 Å². The predicted molar refractivity (Wildman–Crippen MR) is 95.3 cm³/mol. The first-order valence-electron chi connectivity index (χ1n) is 8.01. The van der Waals surface area contributed by atoms with Crippen LogP contribution in [0.5, 0.6) is 0 Å². The van der Waals surface area contributed by atoms with Gasteiger partial charge in [-0.3, -0.25) is 0 Å². The molecule has 0 aliphatic heterocycles. The molecule has 0 unspecified atom stereocenters. The van der Waals surface area contributed by atoms with Crippen molar-refractivity contribution in [2.24, 2.45) is 7.05 Å². The molecule has 0 spiro atoms. The van der Waals surface area contributed by atoms with Gasteiger partial charge in [-0.15, -0.1) is 0 Å². The van der Waals surface area contributed by atoms with Crippen molar-refractivity contribution in [3.63, 3.8) is 0 Å². The summed E-state index contributed by atoms with van der Waals surface area (Å²) in [6, 6.07) is 22.2. The van der Waals surface area contributed by atoms with Gasteiger partial charge >= 0.3 is 0 Å². The zero-order valence-electron chi connectivity index (χ0n) is 13.5. The van der Waals surface area contributed by atoms with E-state index in [0.29, 0.717) is 11.1 Å². The van der Waals surface area contributed by atoms with E-state index in [-0.39, 0.29) is 0 Å². The number of nitrogens with zero attached hydrogens (tertiary/aromatic N) is 3. The van der Waals surface area contributed by atoms with Crippen LogP contribution in [0.2, 0.25) is 0 Å². The Bertz CT molecular complexity index is 1300. The highest BCUT2D eigenvalue weighted by atomic mass is 16.3. The van der Waals surface area contributed by atoms with Gasteiger partial charge in [0.15, 0.2) is 0 Å². The number of aryl methyl sites for hydroxylation is 1. The van der Waals surface area contributed by atoms with Crippen LogP contribution in [0.25, 0.3) is 38.7 Å². The largest absolute Gasteiger partial charge is 0.455 e. The standard InChI is InChI=1S/C21H13N3O/c1-23-13-24(14-7-3-2-4-8-14)20-17(12-22)21-16(11-18(20)23)15-9-5-6-10-19(15)25-21/h2-11H,1H3. The molecule has 5 aromatic rings. The van der Waals surface area contributed by atoms with Gasteiger partial charge in [-0.25, -0.2) is 0 Å². The number of furan rings is 1. The van der Waals surface area contributed by atoms with Crippen molar-refractivity contribution < 1.29 is 8.98 Å². The van der Waals surface area contributed by atoms with Gasteiger partial charge < -0.3 is 13.6 Å². The SMILES string of the molecule is C[n+]1[c-]n(-c2ccccc2)c2c(C#N)c3oc4ccccc4c3cc21. The Morgan fingerprint density at radius 1 is 1.04 bits per heavy atom. The Balaban J connectivity index is 2.01. The van der Waals surface area contributed by atoms with Crippen molar-refractivity contribution in [3.8, 4) is 11.8 Å². The minimum absolute atomic E-state index is 0.532. The quantitative estimate of drug-likeness (QED) is 0.345. The molecule has 2 heterocycles. The molecule has 0 aliphatic rings. The molecule has 118 valence electrons. The second-order valence-electron chi connectivity index (χ2n) is 6.04. The molecule has 0 fully saturated rings. The Kier molecular flexibility index (Phi) is 2.74. The summed E-state index contributed by atoms with van der Waals surface area (Å²) in [5, 5.41) is 11.9. The Hall–Kier alpha value is -3.58. The van der Waals surface area contributed by atoms with Gasteiger partial charge in [0.1, 0.15) is 11.2 Å². The van der Waals surface area contributed by atoms with Crippen LogP contribution in [0, 0.1) is 17.7 Å². The van der Waals surface area contributed by atoms with Crippen molar-refractivity contribution in [1.82, 2.24) is 4.57 Å². The van der Waals surface area contributed by atoms with E-state index in [4.69, 9.17) is 4.42 Å². The third kappa shape index (κ3) is 1.84. The molecule has 3 aromatic carbocycles. The fourth-order valence-electron chi connectivity index (χ4n) is 3.44. The van der Waals surface area contributed by atoms with Gasteiger partial charge in [0, 0.05) is 10.8 Å². The third-order valence-electron chi connectivity index (χ3n) is 4.58. The first-order valence-corrected chi connectivity index (χ1v) is 8.01. The zero-order chi connectivity index (χ0) is 17.0. The fraction of sp³-hybridized carbons (Fsp3) is 0.0476. The molecule has 0 saturated heterocycles. The molecule has 4 nitrogen and oxygen atoms in total. The number of imidazole rings is 1. The lowest BCUT2D eigenvalue weighted by molar-refractivity contribution is -0.649. The molecule has 4 heteroatoms. The second-order valence-corrected chi connectivity index (χ2v) is 6.04. The molecule has 0 aliphatic carbocycles. The molecule has 0 bridgehead atoms. The summed E-state index contributed by atoms with van der Waals surface area (Å²) in [4.78, 5) is 0. The molecule has 0 saturated carbocycles. The third-order valence-corrected chi connectivity index (χ3v) is 4.58. The van der Waals surface area contributed by atoms with E-state index in [0.717, 1.165) is 33.1 Å². The summed E-state index contributed by atoms with van der Waals surface area (Å²) in [6.07, 6.45) is 3.30. The van der Waals surface area contributed by atoms with Gasteiger partial charge in [0.2, 0.25) is 6.33 Å². The van der Waals surface area contributed by atoms with Crippen molar-refractivity contribution in [2.45, 2.75) is 0 Å². The van der Waals surface area contributed by atoms with Gasteiger partial charge in [-0.05, 0) is 6.07 Å². The number of hydrogen-bond donors (Lipinski definition) is 0. The van der Waals surface area contributed by atoms with E-state index in [9.17, 15) is 5.26 Å². The van der Waals surface area contributed by atoms with Crippen LogP contribution in [0.4, 0.5) is 0 Å². The fourth-order valence-corrected chi connectivity index (χ4v) is 3.44. The van der Waals surface area contributed by atoms with E-state index in [1.165, 1.54) is 0 Å². The molecular weight excluding hydrogens is 310 g/mol. The number of aromatic nitrogens is 2. The van der Waals surface area contributed by atoms with Gasteiger partial charge in [-0.2, -0.15) is 5.26 Å². The normalized spacial score (nSPS) is 11.4. The highest BCUT2D eigenvalue weighted by molar-refractivity contribution is 6.11. The Morgan fingerprint density at radius 3 is 2.60 bits per heavy atom. The van der Waals surface area contributed by atoms with Crippen molar-refractivity contribution in [2.75, 3.05) is 0 Å². The predicted octanol–water partition coefficient (Wildman–Crippen LogP) is 4.03. The molecule has 25 heavy (non-hydrogen) atoms. The number of para-hydroxylation sites is 2. The molecule has 0 radical (unpaired) electrons. The van der Waals surface area contributed by atoms with Crippen LogP contribution in [0.15, 0.2) is 65.1 Å². The van der Waals surface area contributed by atoms with Gasteiger partial charge in [0.05, 0.1) is 35.4 Å². The van der Waals surface area contributed by atoms with Crippen LogP contribution in [-0.4, -0.2) is 4.57 Å². The van der Waals surface area contributed by atoms with Crippen LogP contribution in [0.3, 0.4) is 0 Å². The van der Waals surface area contributed by atoms with Crippen LogP contribution in [0.1, 0.15) is 5.56 Å². The first kappa shape index (κ1) is 13.8. The molecule has 2 aromatic heterocycles. The lowest BCUT2D eigenvalue weighted by Gasteiger charge is -2.06. The lowest BCUT2D eigenvalue weighted by Crippen LogP contribution is -2.26. The Morgan fingerprint density at radius 2 is 1.80 bits per heavy atom. The Labute approximate surface area is 143 Å². The molecule has 5 rings (SSSR count). The lowest BCUT2D eigenvalue weighted by atomic mass is 10.1. The average Bonchev–Trinajstić information content (AvgIpc) is 3.19. The van der Waals surface area contributed by atoms with E-state index in [1.54, 1.807) is 0 Å². The van der Waals surface area contributed by atoms with Crippen LogP contribution >= 0.6 is 0 Å². The first-order chi connectivity index (χ1) is 12.3. The summed E-state index contributed by atoms with van der Waals surface area (Å²) >= 11 is 0. The highest BCUT2D eigenvalue weighted by Crippen LogP contribution is 2.35. The summed E-state index contributed by atoms with van der Waals surface area (Å²) in [6.45, 7) is 0. The number of nitriles is 1. The summed E-state index contributed by atoms with van der Waals surface area (Å²) in [5.74, 6) is 0. The van der Waals surface area contributed by atoms with Crippen LogP contribution < -0.4 is 4.57 Å². The van der Waals surface area contributed by atoms with Crippen molar-refractivity contribution in [3.05, 3.63) is 72.6 Å². The van der Waals surface area contributed by atoms with E-state index >= 15 is 0 Å².